The summed E-state index contributed by atoms with van der Waals surface area (Å²) >= 11 is 0. The van der Waals surface area contributed by atoms with E-state index >= 15 is 0 Å². The fourth-order valence-electron chi connectivity index (χ4n) is 1.34. The molecule has 0 fully saturated rings. The Morgan fingerprint density at radius 3 is 1.78 bits per heavy atom. The summed E-state index contributed by atoms with van der Waals surface area (Å²) in [5.41, 5.74) is 0.263. The highest BCUT2D eigenvalue weighted by Gasteiger charge is 2.41. The fraction of sp³-hybridized carbons (Fsp3) is 0.667. The Balaban J connectivity index is -0.000000919. The molecule has 0 rings (SSSR count). The highest BCUT2D eigenvalue weighted by molar-refractivity contribution is 5.77. The number of ether oxygens (including phenoxy) is 1. The lowest BCUT2D eigenvalue weighted by Gasteiger charge is -2.37. The molecular weight excluding hydrogens is 284 g/mol. The van der Waals surface area contributed by atoms with Gasteiger partial charge in [-0.3, -0.25) is 4.79 Å². The number of hydrogen-bond acceptors (Lipinski definition) is 2. The first-order valence-corrected chi connectivity index (χ1v) is 8.74. The fourth-order valence-corrected chi connectivity index (χ4v) is 1.34. The molecule has 0 aliphatic heterocycles. The number of esters is 1. The first-order chi connectivity index (χ1) is 10.6. The predicted octanol–water partition coefficient (Wildman–Crippen LogP) is 6.73. The molecule has 23 heavy (non-hydrogen) atoms. The van der Waals surface area contributed by atoms with Crippen LogP contribution in [0.4, 0.5) is 0 Å². The third-order valence-electron chi connectivity index (χ3n) is 3.81. The molecule has 1 atom stereocenters. The van der Waals surface area contributed by atoms with Gasteiger partial charge in [-0.2, -0.15) is 0 Å². The van der Waals surface area contributed by atoms with Crippen LogP contribution in [0.25, 0.3) is 0 Å². The van der Waals surface area contributed by atoms with Gasteiger partial charge in [0.1, 0.15) is 6.10 Å². The molecule has 136 valence electrons. The van der Waals surface area contributed by atoms with Crippen LogP contribution in [-0.2, 0) is 9.53 Å². The van der Waals surface area contributed by atoms with Crippen LogP contribution < -0.4 is 0 Å². The van der Waals surface area contributed by atoms with Crippen LogP contribution >= 0.6 is 0 Å². The van der Waals surface area contributed by atoms with E-state index in [4.69, 9.17) is 4.74 Å². The van der Waals surface area contributed by atoms with Crippen LogP contribution in [0.1, 0.15) is 76.2 Å². The third-order valence-corrected chi connectivity index (χ3v) is 3.81. The minimum absolute atomic E-state index is 0.146. The van der Waals surface area contributed by atoms with E-state index in [1.54, 1.807) is 6.08 Å². The number of carbonyl (C=O) groups is 1. The van der Waals surface area contributed by atoms with Gasteiger partial charge in [-0.05, 0) is 38.7 Å². The molecular formula is C21H40O2. The first kappa shape index (κ1) is 26.6. The van der Waals surface area contributed by atoms with E-state index < -0.39 is 5.41 Å². The van der Waals surface area contributed by atoms with Crippen molar-refractivity contribution < 1.29 is 9.53 Å². The Morgan fingerprint density at radius 1 is 1.04 bits per heavy atom. The Hall–Kier alpha value is -1.31. The minimum Gasteiger partial charge on any atom is -0.457 e. The van der Waals surface area contributed by atoms with E-state index in [0.717, 1.165) is 5.57 Å². The van der Waals surface area contributed by atoms with Crippen LogP contribution in [0.3, 0.4) is 0 Å². The van der Waals surface area contributed by atoms with Gasteiger partial charge in [0.15, 0.2) is 0 Å². The Morgan fingerprint density at radius 2 is 1.48 bits per heavy atom. The Bertz CT molecular complexity index is 379. The number of rotatable bonds is 5. The zero-order valence-electron chi connectivity index (χ0n) is 17.4. The smallest absolute Gasteiger partial charge is 0.312 e. The highest BCUT2D eigenvalue weighted by atomic mass is 16.5. The Kier molecular flexibility index (Phi) is 15.2. The van der Waals surface area contributed by atoms with Crippen LogP contribution in [0.15, 0.2) is 36.5 Å². The molecule has 0 aliphatic carbocycles. The van der Waals surface area contributed by atoms with Crippen molar-refractivity contribution >= 4 is 5.97 Å². The van der Waals surface area contributed by atoms with Gasteiger partial charge in [0.2, 0.25) is 0 Å². The van der Waals surface area contributed by atoms with Crippen molar-refractivity contribution in [1.82, 2.24) is 0 Å². The second-order valence-corrected chi connectivity index (χ2v) is 6.32. The highest BCUT2D eigenvalue weighted by Crippen LogP contribution is 2.39. The van der Waals surface area contributed by atoms with Crippen molar-refractivity contribution in [3.63, 3.8) is 0 Å². The summed E-state index contributed by atoms with van der Waals surface area (Å²) < 4.78 is 5.60. The van der Waals surface area contributed by atoms with Gasteiger partial charge in [0, 0.05) is 0 Å². The molecule has 0 aromatic rings. The van der Waals surface area contributed by atoms with Crippen molar-refractivity contribution in [2.75, 3.05) is 0 Å². The van der Waals surface area contributed by atoms with Crippen molar-refractivity contribution in [3.8, 4) is 0 Å². The summed E-state index contributed by atoms with van der Waals surface area (Å²) in [4.78, 5) is 12.3. The molecule has 0 aromatic heterocycles. The quantitative estimate of drug-likeness (QED) is 0.414. The molecule has 0 radical (unpaired) electrons. The molecule has 0 saturated carbocycles. The van der Waals surface area contributed by atoms with Gasteiger partial charge in [-0.25, -0.2) is 0 Å². The minimum atomic E-state index is -0.531. The van der Waals surface area contributed by atoms with Crippen molar-refractivity contribution in [2.24, 2.45) is 10.8 Å². The topological polar surface area (TPSA) is 26.3 Å². The standard InChI is InChI=1S/C17H28O2.2C2H6/c1-9-11-14(12-10-2)13(3)19-15(18)17(7,8)16(4,5)6;2*1-2/h9-13H,1H2,2-8H3;2*1-2H3/b12-10-,14-11+;;. The monoisotopic (exact) mass is 324 g/mol. The van der Waals surface area contributed by atoms with Crippen LogP contribution in [0.2, 0.25) is 0 Å². The largest absolute Gasteiger partial charge is 0.457 e. The van der Waals surface area contributed by atoms with Crippen LogP contribution in [0, 0.1) is 10.8 Å². The number of carbonyl (C=O) groups excluding carboxylic acids is 1. The summed E-state index contributed by atoms with van der Waals surface area (Å²) in [7, 11) is 0. The molecule has 1 unspecified atom stereocenters. The van der Waals surface area contributed by atoms with Gasteiger partial charge in [0.05, 0.1) is 5.41 Å². The van der Waals surface area contributed by atoms with E-state index in [9.17, 15) is 4.79 Å². The summed E-state index contributed by atoms with van der Waals surface area (Å²) in [5, 5.41) is 0. The maximum Gasteiger partial charge on any atom is 0.312 e. The summed E-state index contributed by atoms with van der Waals surface area (Å²) in [6, 6.07) is 0. The molecule has 0 heterocycles. The summed E-state index contributed by atoms with van der Waals surface area (Å²) in [6.07, 6.45) is 7.15. The zero-order chi connectivity index (χ0) is 19.3. The lowest BCUT2D eigenvalue weighted by molar-refractivity contribution is -0.163. The third kappa shape index (κ3) is 9.43. The van der Waals surface area contributed by atoms with Gasteiger partial charge in [0.25, 0.3) is 0 Å². The van der Waals surface area contributed by atoms with E-state index in [0.29, 0.717) is 0 Å². The summed E-state index contributed by atoms with van der Waals surface area (Å²) in [6.45, 7) is 25.5. The van der Waals surface area contributed by atoms with Crippen molar-refractivity contribution in [3.05, 3.63) is 36.5 Å². The maximum absolute atomic E-state index is 12.3. The maximum atomic E-state index is 12.3. The number of allylic oxidation sites excluding steroid dienone is 3. The van der Waals surface area contributed by atoms with Gasteiger partial charge < -0.3 is 4.74 Å². The lowest BCUT2D eigenvalue weighted by atomic mass is 9.69. The Labute approximate surface area is 145 Å². The second kappa shape index (κ2) is 13.2. The molecule has 2 heteroatoms. The van der Waals surface area contributed by atoms with E-state index in [2.05, 4.69) is 6.58 Å². The first-order valence-electron chi connectivity index (χ1n) is 8.74. The molecule has 0 amide bonds. The van der Waals surface area contributed by atoms with Crippen LogP contribution in [-0.4, -0.2) is 12.1 Å². The van der Waals surface area contributed by atoms with Crippen molar-refractivity contribution in [2.45, 2.75) is 82.3 Å². The molecule has 0 aromatic carbocycles. The van der Waals surface area contributed by atoms with Gasteiger partial charge in [-0.1, -0.05) is 79.3 Å². The normalized spacial score (nSPS) is 13.3. The van der Waals surface area contributed by atoms with Gasteiger partial charge >= 0.3 is 5.97 Å². The SMILES string of the molecule is C=C/C=C(\C=C/C)C(C)OC(=O)C(C)(C)C(C)(C)C.CC.CC. The predicted molar refractivity (Wildman–Crippen MR) is 105 cm³/mol. The molecule has 0 aliphatic rings. The average molecular weight is 325 g/mol. The van der Waals surface area contributed by atoms with Crippen molar-refractivity contribution in [1.29, 1.82) is 0 Å². The van der Waals surface area contributed by atoms with E-state index in [1.165, 1.54) is 0 Å². The van der Waals surface area contributed by atoms with Crippen LogP contribution in [0.5, 0.6) is 0 Å². The average Bonchev–Trinajstić information content (AvgIpc) is 2.49. The molecule has 0 spiro atoms. The second-order valence-electron chi connectivity index (χ2n) is 6.32. The molecule has 2 nitrogen and oxygen atoms in total. The van der Waals surface area contributed by atoms with E-state index in [1.807, 2.05) is 94.4 Å². The van der Waals surface area contributed by atoms with Gasteiger partial charge in [-0.15, -0.1) is 0 Å². The molecule has 0 saturated heterocycles. The molecule has 0 N–H and O–H groups in total. The molecule has 0 bridgehead atoms. The number of hydrogen-bond donors (Lipinski definition) is 0. The lowest BCUT2D eigenvalue weighted by Crippen LogP contribution is -2.40. The summed E-state index contributed by atoms with van der Waals surface area (Å²) in [5.74, 6) is -0.174. The zero-order valence-corrected chi connectivity index (χ0v) is 17.4. The van der Waals surface area contributed by atoms with E-state index in [-0.39, 0.29) is 17.5 Å².